The Kier molecular flexibility index (Phi) is 3.40. The number of rotatable bonds is 3. The number of halogens is 1. The predicted molar refractivity (Wildman–Crippen MR) is 73.0 cm³/mol. The van der Waals surface area contributed by atoms with E-state index in [1.165, 1.54) is 11.1 Å². The minimum absolute atomic E-state index is 0.123. The van der Waals surface area contributed by atoms with Gasteiger partial charge in [0.05, 0.1) is 0 Å². The molecule has 0 amide bonds. The average Bonchev–Trinajstić information content (AvgIpc) is 2.33. The van der Waals surface area contributed by atoms with Crippen molar-refractivity contribution in [1.29, 1.82) is 0 Å². The van der Waals surface area contributed by atoms with E-state index >= 15 is 0 Å². The van der Waals surface area contributed by atoms with Gasteiger partial charge in [-0.1, -0.05) is 26.0 Å². The molecule has 2 heteroatoms. The van der Waals surface area contributed by atoms with Crippen LogP contribution < -0.4 is 4.74 Å². The Morgan fingerprint density at radius 2 is 2.12 bits per heavy atom. The molecule has 3 unspecified atom stereocenters. The Morgan fingerprint density at radius 3 is 2.71 bits per heavy atom. The van der Waals surface area contributed by atoms with Gasteiger partial charge in [-0.05, 0) is 37.5 Å². The third-order valence-corrected chi connectivity index (χ3v) is 5.13. The standard InChI is InChI=1S/C15H21ClO/c1-5-15(4)13(16)9-14(15)17-12-8-6-7-10(2)11(12)3/h6-8,13-14H,5,9H2,1-4H3. The van der Waals surface area contributed by atoms with Gasteiger partial charge in [-0.3, -0.25) is 0 Å². The molecule has 2 rings (SSSR count). The largest absolute Gasteiger partial charge is 0.489 e. The van der Waals surface area contributed by atoms with E-state index < -0.39 is 0 Å². The molecule has 0 spiro atoms. The SMILES string of the molecule is CCC1(C)C(Cl)CC1Oc1cccc(C)c1C. The van der Waals surface area contributed by atoms with Gasteiger partial charge in [-0.2, -0.15) is 0 Å². The molecule has 1 aliphatic rings. The van der Waals surface area contributed by atoms with Crippen LogP contribution in [0.1, 0.15) is 37.8 Å². The number of hydrogen-bond donors (Lipinski definition) is 0. The number of hydrogen-bond acceptors (Lipinski definition) is 1. The van der Waals surface area contributed by atoms with Crippen LogP contribution in [-0.4, -0.2) is 11.5 Å². The van der Waals surface area contributed by atoms with Crippen molar-refractivity contribution >= 4 is 11.6 Å². The molecule has 17 heavy (non-hydrogen) atoms. The van der Waals surface area contributed by atoms with Crippen LogP contribution in [0.4, 0.5) is 0 Å². The second kappa shape index (κ2) is 4.53. The molecule has 1 saturated carbocycles. The summed E-state index contributed by atoms with van der Waals surface area (Å²) in [4.78, 5) is 0. The van der Waals surface area contributed by atoms with Crippen molar-refractivity contribution in [2.45, 2.75) is 52.0 Å². The highest BCUT2D eigenvalue weighted by molar-refractivity contribution is 6.21. The zero-order chi connectivity index (χ0) is 12.6. The monoisotopic (exact) mass is 252 g/mol. The molecule has 0 radical (unpaired) electrons. The Labute approximate surface area is 109 Å². The summed E-state index contributed by atoms with van der Waals surface area (Å²) in [6.45, 7) is 8.65. The van der Waals surface area contributed by atoms with E-state index in [9.17, 15) is 0 Å². The second-order valence-electron chi connectivity index (χ2n) is 5.37. The summed E-state index contributed by atoms with van der Waals surface area (Å²) in [5.74, 6) is 1.01. The molecular weight excluding hydrogens is 232 g/mol. The number of alkyl halides is 1. The summed E-state index contributed by atoms with van der Waals surface area (Å²) in [6.07, 6.45) is 2.28. The van der Waals surface area contributed by atoms with E-state index in [2.05, 4.69) is 45.9 Å². The molecule has 1 fully saturated rings. The van der Waals surface area contributed by atoms with Crippen LogP contribution in [0.2, 0.25) is 0 Å². The normalized spacial score (nSPS) is 32.1. The lowest BCUT2D eigenvalue weighted by atomic mass is 9.65. The van der Waals surface area contributed by atoms with E-state index in [4.69, 9.17) is 16.3 Å². The van der Waals surface area contributed by atoms with Crippen molar-refractivity contribution < 1.29 is 4.74 Å². The van der Waals surface area contributed by atoms with Crippen molar-refractivity contribution in [3.8, 4) is 5.75 Å². The molecule has 1 aliphatic carbocycles. The third-order valence-electron chi connectivity index (χ3n) is 4.46. The molecule has 0 heterocycles. The Morgan fingerprint density at radius 1 is 1.41 bits per heavy atom. The molecule has 1 nitrogen and oxygen atoms in total. The number of aryl methyl sites for hydroxylation is 1. The lowest BCUT2D eigenvalue weighted by Crippen LogP contribution is -2.55. The summed E-state index contributed by atoms with van der Waals surface area (Å²) in [7, 11) is 0. The van der Waals surface area contributed by atoms with E-state index in [0.29, 0.717) is 0 Å². The molecule has 3 atom stereocenters. The molecule has 94 valence electrons. The molecular formula is C15H21ClO. The van der Waals surface area contributed by atoms with Gasteiger partial charge in [0.25, 0.3) is 0 Å². The fourth-order valence-corrected chi connectivity index (χ4v) is 2.86. The maximum Gasteiger partial charge on any atom is 0.122 e. The summed E-state index contributed by atoms with van der Waals surface area (Å²) >= 11 is 6.31. The quantitative estimate of drug-likeness (QED) is 0.721. The Hall–Kier alpha value is -0.690. The van der Waals surface area contributed by atoms with E-state index in [1.54, 1.807) is 0 Å². The lowest BCUT2D eigenvalue weighted by molar-refractivity contribution is -0.0298. The van der Waals surface area contributed by atoms with Crippen molar-refractivity contribution in [2.75, 3.05) is 0 Å². The highest BCUT2D eigenvalue weighted by Gasteiger charge is 2.51. The minimum Gasteiger partial charge on any atom is -0.489 e. The summed E-state index contributed by atoms with van der Waals surface area (Å²) in [6, 6.07) is 6.23. The minimum atomic E-state index is 0.123. The van der Waals surface area contributed by atoms with Gasteiger partial charge in [0.1, 0.15) is 11.9 Å². The van der Waals surface area contributed by atoms with Crippen LogP contribution in [0.3, 0.4) is 0 Å². The van der Waals surface area contributed by atoms with E-state index in [1.807, 2.05) is 0 Å². The van der Waals surface area contributed by atoms with E-state index in [0.717, 1.165) is 18.6 Å². The molecule has 0 bridgehead atoms. The molecule has 0 aliphatic heterocycles. The smallest absolute Gasteiger partial charge is 0.122 e. The highest BCUT2D eigenvalue weighted by atomic mass is 35.5. The molecule has 0 N–H and O–H groups in total. The van der Waals surface area contributed by atoms with Gasteiger partial charge >= 0.3 is 0 Å². The average molecular weight is 253 g/mol. The predicted octanol–water partition coefficient (Wildman–Crippen LogP) is 4.48. The third kappa shape index (κ3) is 2.06. The topological polar surface area (TPSA) is 9.23 Å². The van der Waals surface area contributed by atoms with Crippen LogP contribution in [0.15, 0.2) is 18.2 Å². The van der Waals surface area contributed by atoms with Gasteiger partial charge in [-0.25, -0.2) is 0 Å². The second-order valence-corrected chi connectivity index (χ2v) is 5.89. The zero-order valence-electron chi connectivity index (χ0n) is 11.1. The Bertz CT molecular complexity index is 415. The van der Waals surface area contributed by atoms with Gasteiger partial charge in [0, 0.05) is 17.2 Å². The maximum absolute atomic E-state index is 6.31. The van der Waals surface area contributed by atoms with Crippen molar-refractivity contribution in [3.05, 3.63) is 29.3 Å². The summed E-state index contributed by atoms with van der Waals surface area (Å²) < 4.78 is 6.15. The van der Waals surface area contributed by atoms with Crippen LogP contribution in [0, 0.1) is 19.3 Å². The first kappa shape index (κ1) is 12.8. The van der Waals surface area contributed by atoms with Crippen molar-refractivity contribution in [2.24, 2.45) is 5.41 Å². The van der Waals surface area contributed by atoms with Gasteiger partial charge in [0.2, 0.25) is 0 Å². The molecule has 0 aromatic heterocycles. The van der Waals surface area contributed by atoms with Gasteiger partial charge in [0.15, 0.2) is 0 Å². The lowest BCUT2D eigenvalue weighted by Gasteiger charge is -2.50. The summed E-state index contributed by atoms with van der Waals surface area (Å²) in [5.41, 5.74) is 2.64. The van der Waals surface area contributed by atoms with Gasteiger partial charge < -0.3 is 4.74 Å². The highest BCUT2D eigenvalue weighted by Crippen LogP contribution is 2.49. The molecule has 1 aromatic carbocycles. The van der Waals surface area contributed by atoms with E-state index in [-0.39, 0.29) is 16.9 Å². The van der Waals surface area contributed by atoms with Crippen LogP contribution >= 0.6 is 11.6 Å². The first-order valence-electron chi connectivity index (χ1n) is 6.36. The van der Waals surface area contributed by atoms with Gasteiger partial charge in [-0.15, -0.1) is 11.6 Å². The first-order valence-corrected chi connectivity index (χ1v) is 6.79. The van der Waals surface area contributed by atoms with Crippen molar-refractivity contribution in [3.63, 3.8) is 0 Å². The van der Waals surface area contributed by atoms with Crippen LogP contribution in [0.25, 0.3) is 0 Å². The fourth-order valence-electron chi connectivity index (χ4n) is 2.40. The number of ether oxygens (including phenoxy) is 1. The van der Waals surface area contributed by atoms with Crippen LogP contribution in [-0.2, 0) is 0 Å². The van der Waals surface area contributed by atoms with Crippen molar-refractivity contribution in [1.82, 2.24) is 0 Å². The maximum atomic E-state index is 6.31. The molecule has 1 aromatic rings. The first-order chi connectivity index (χ1) is 7.99. The van der Waals surface area contributed by atoms with Crippen LogP contribution in [0.5, 0.6) is 5.75 Å². The number of benzene rings is 1. The fraction of sp³-hybridized carbons (Fsp3) is 0.600. The summed E-state index contributed by atoms with van der Waals surface area (Å²) in [5, 5.41) is 0.252. The zero-order valence-corrected chi connectivity index (χ0v) is 11.8. The molecule has 0 saturated heterocycles. The Balaban J connectivity index is 2.15.